The van der Waals surface area contributed by atoms with Crippen LogP contribution in [0.1, 0.15) is 30.3 Å². The Kier molecular flexibility index (Phi) is 5.46. The Labute approximate surface area is 167 Å². The molecular formula is C18H21Cl2N5O2. The number of rotatable bonds is 3. The van der Waals surface area contributed by atoms with Crippen LogP contribution < -0.4 is 16.4 Å². The van der Waals surface area contributed by atoms with Gasteiger partial charge in [0, 0.05) is 24.2 Å². The number of methoxy groups -OCH3 is 1. The Morgan fingerprint density at radius 3 is 2.56 bits per heavy atom. The lowest BCUT2D eigenvalue weighted by Gasteiger charge is -2.36. The molecule has 0 radical (unpaired) electrons. The molecule has 3 rings (SSSR count). The van der Waals surface area contributed by atoms with Crippen LogP contribution in [0.25, 0.3) is 11.1 Å². The molecule has 0 amide bonds. The van der Waals surface area contributed by atoms with Crippen molar-refractivity contribution in [3.8, 4) is 11.1 Å². The molecule has 4 N–H and O–H groups in total. The number of benzene rings is 1. The number of hydrogen-bond donors (Lipinski definition) is 2. The van der Waals surface area contributed by atoms with E-state index < -0.39 is 5.97 Å². The maximum Gasteiger partial charge on any atom is 0.357 e. The van der Waals surface area contributed by atoms with Crippen molar-refractivity contribution in [3.63, 3.8) is 0 Å². The van der Waals surface area contributed by atoms with Crippen LogP contribution >= 0.6 is 23.2 Å². The number of carbonyl (C=O) groups excluding carboxylic acids is 1. The molecule has 0 saturated carbocycles. The molecule has 1 aliphatic heterocycles. The summed E-state index contributed by atoms with van der Waals surface area (Å²) in [6, 6.07) is 5.06. The van der Waals surface area contributed by atoms with Gasteiger partial charge < -0.3 is 21.1 Å². The van der Waals surface area contributed by atoms with Gasteiger partial charge in [-0.25, -0.2) is 9.78 Å². The topological polar surface area (TPSA) is 107 Å². The van der Waals surface area contributed by atoms with Crippen LogP contribution in [0.5, 0.6) is 0 Å². The van der Waals surface area contributed by atoms with Gasteiger partial charge in [0.15, 0.2) is 5.69 Å². The number of piperidine rings is 1. The van der Waals surface area contributed by atoms with E-state index in [1.165, 1.54) is 7.11 Å². The maximum atomic E-state index is 12.4. The van der Waals surface area contributed by atoms with Crippen LogP contribution in [0.3, 0.4) is 0 Å². The summed E-state index contributed by atoms with van der Waals surface area (Å²) in [6.07, 6.45) is 1.57. The van der Waals surface area contributed by atoms with Crippen LogP contribution in [-0.2, 0) is 4.74 Å². The summed E-state index contributed by atoms with van der Waals surface area (Å²) in [4.78, 5) is 23.2. The summed E-state index contributed by atoms with van der Waals surface area (Å²) in [5.41, 5.74) is 13.0. The Morgan fingerprint density at radius 2 is 1.93 bits per heavy atom. The molecule has 1 fully saturated rings. The molecule has 1 aromatic heterocycles. The zero-order chi connectivity index (χ0) is 19.8. The molecule has 7 nitrogen and oxygen atoms in total. The average molecular weight is 410 g/mol. The van der Waals surface area contributed by atoms with Crippen molar-refractivity contribution in [1.82, 2.24) is 9.97 Å². The molecule has 0 spiro atoms. The van der Waals surface area contributed by atoms with Gasteiger partial charge in [0.05, 0.1) is 22.7 Å². The predicted octanol–water partition coefficient (Wildman–Crippen LogP) is 3.14. The van der Waals surface area contributed by atoms with Gasteiger partial charge in [-0.3, -0.25) is 0 Å². The number of halogens is 2. The van der Waals surface area contributed by atoms with Gasteiger partial charge >= 0.3 is 5.97 Å². The number of nitrogen functional groups attached to an aromatic ring is 1. The highest BCUT2D eigenvalue weighted by atomic mass is 35.5. The second-order valence-corrected chi connectivity index (χ2v) is 7.65. The highest BCUT2D eigenvalue weighted by Crippen LogP contribution is 2.38. The van der Waals surface area contributed by atoms with E-state index in [9.17, 15) is 4.79 Å². The van der Waals surface area contributed by atoms with E-state index in [-0.39, 0.29) is 22.1 Å². The zero-order valence-electron chi connectivity index (χ0n) is 15.1. The first-order chi connectivity index (χ1) is 12.7. The third-order valence-electron chi connectivity index (χ3n) is 4.71. The fourth-order valence-electron chi connectivity index (χ4n) is 3.03. The van der Waals surface area contributed by atoms with Gasteiger partial charge in [-0.1, -0.05) is 35.3 Å². The summed E-state index contributed by atoms with van der Waals surface area (Å²) in [5, 5.41) is 0.607. The predicted molar refractivity (Wildman–Crippen MR) is 107 cm³/mol. The highest BCUT2D eigenvalue weighted by Gasteiger charge is 2.29. The molecule has 0 aliphatic carbocycles. The maximum absolute atomic E-state index is 12.4. The van der Waals surface area contributed by atoms with E-state index >= 15 is 0 Å². The third kappa shape index (κ3) is 3.95. The minimum Gasteiger partial charge on any atom is -0.464 e. The number of esters is 1. The first-order valence-electron chi connectivity index (χ1n) is 8.47. The smallest absolute Gasteiger partial charge is 0.357 e. The zero-order valence-corrected chi connectivity index (χ0v) is 16.6. The Bertz CT molecular complexity index is 878. The standard InChI is InChI=1S/C18H21Cl2N5O2/c1-18(22)6-8-25(9-7-18)17-23-14(16(26)27-2)12(15(21)24-17)10-4-3-5-11(19)13(10)20/h3-5H,6-9,22H2,1-2H3,(H2,21,23,24). The Balaban J connectivity index is 2.10. The van der Waals surface area contributed by atoms with Gasteiger partial charge in [-0.05, 0) is 25.8 Å². The molecule has 1 saturated heterocycles. The minimum atomic E-state index is -0.628. The molecular weight excluding hydrogens is 389 g/mol. The summed E-state index contributed by atoms with van der Waals surface area (Å²) >= 11 is 12.4. The molecule has 2 aromatic rings. The largest absolute Gasteiger partial charge is 0.464 e. The summed E-state index contributed by atoms with van der Waals surface area (Å²) in [6.45, 7) is 3.36. The lowest BCUT2D eigenvalue weighted by atomic mass is 9.91. The van der Waals surface area contributed by atoms with E-state index in [0.29, 0.717) is 35.2 Å². The molecule has 1 aliphatic rings. The highest BCUT2D eigenvalue weighted by molar-refractivity contribution is 6.43. The van der Waals surface area contributed by atoms with Crippen LogP contribution in [0, 0.1) is 0 Å². The first-order valence-corrected chi connectivity index (χ1v) is 9.23. The molecule has 2 heterocycles. The van der Waals surface area contributed by atoms with E-state index in [1.807, 2.05) is 11.8 Å². The van der Waals surface area contributed by atoms with Gasteiger partial charge in [-0.15, -0.1) is 0 Å². The summed E-state index contributed by atoms with van der Waals surface area (Å²) < 4.78 is 4.90. The van der Waals surface area contributed by atoms with Crippen molar-refractivity contribution in [3.05, 3.63) is 33.9 Å². The second kappa shape index (κ2) is 7.50. The van der Waals surface area contributed by atoms with Gasteiger partial charge in [-0.2, -0.15) is 4.98 Å². The van der Waals surface area contributed by atoms with Crippen LogP contribution in [0.4, 0.5) is 11.8 Å². The van der Waals surface area contributed by atoms with Crippen molar-refractivity contribution in [2.45, 2.75) is 25.3 Å². The van der Waals surface area contributed by atoms with E-state index in [0.717, 1.165) is 12.8 Å². The molecule has 0 bridgehead atoms. The summed E-state index contributed by atoms with van der Waals surface area (Å²) in [5.74, 6) is -0.131. The number of anilines is 2. The Morgan fingerprint density at radius 1 is 1.26 bits per heavy atom. The summed E-state index contributed by atoms with van der Waals surface area (Å²) in [7, 11) is 1.28. The van der Waals surface area contributed by atoms with E-state index in [1.54, 1.807) is 18.2 Å². The fourth-order valence-corrected chi connectivity index (χ4v) is 3.43. The molecule has 0 unspecified atom stereocenters. The van der Waals surface area contributed by atoms with Crippen molar-refractivity contribution in [1.29, 1.82) is 0 Å². The van der Waals surface area contributed by atoms with Crippen LogP contribution in [0.15, 0.2) is 18.2 Å². The van der Waals surface area contributed by atoms with Gasteiger partial charge in [0.1, 0.15) is 5.82 Å². The number of aromatic nitrogens is 2. The van der Waals surface area contributed by atoms with Crippen molar-refractivity contribution in [2.75, 3.05) is 30.8 Å². The van der Waals surface area contributed by atoms with E-state index in [4.69, 9.17) is 39.4 Å². The lowest BCUT2D eigenvalue weighted by Crippen LogP contribution is -2.48. The normalized spacial score (nSPS) is 16.3. The molecule has 1 aromatic carbocycles. The number of ether oxygens (including phenoxy) is 1. The minimum absolute atomic E-state index is 0.0465. The quantitative estimate of drug-likeness (QED) is 0.749. The molecule has 27 heavy (non-hydrogen) atoms. The first kappa shape index (κ1) is 19.7. The second-order valence-electron chi connectivity index (χ2n) is 6.87. The van der Waals surface area contributed by atoms with Crippen molar-refractivity contribution >= 4 is 40.9 Å². The monoisotopic (exact) mass is 409 g/mol. The molecule has 9 heteroatoms. The number of nitrogens with two attached hydrogens (primary N) is 2. The Hall–Kier alpha value is -2.09. The SMILES string of the molecule is COC(=O)c1nc(N2CCC(C)(N)CC2)nc(N)c1-c1cccc(Cl)c1Cl. The molecule has 144 valence electrons. The number of nitrogens with zero attached hydrogens (tertiary/aromatic N) is 3. The van der Waals surface area contributed by atoms with E-state index in [2.05, 4.69) is 9.97 Å². The average Bonchev–Trinajstić information content (AvgIpc) is 2.63. The fraction of sp³-hybridized carbons (Fsp3) is 0.389. The third-order valence-corrected chi connectivity index (χ3v) is 5.53. The number of carbonyl (C=O) groups is 1. The molecule has 0 atom stereocenters. The van der Waals surface area contributed by atoms with Crippen LogP contribution in [-0.4, -0.2) is 41.7 Å². The lowest BCUT2D eigenvalue weighted by molar-refractivity contribution is 0.0595. The van der Waals surface area contributed by atoms with Gasteiger partial charge in [0.25, 0.3) is 0 Å². The van der Waals surface area contributed by atoms with Crippen LogP contribution in [0.2, 0.25) is 10.0 Å². The number of hydrogen-bond acceptors (Lipinski definition) is 7. The van der Waals surface area contributed by atoms with Crippen molar-refractivity contribution < 1.29 is 9.53 Å². The van der Waals surface area contributed by atoms with Gasteiger partial charge in [0.2, 0.25) is 5.95 Å². The van der Waals surface area contributed by atoms with Crippen molar-refractivity contribution in [2.24, 2.45) is 5.73 Å².